The first kappa shape index (κ1) is 24.3. The third kappa shape index (κ3) is 6.52. The second-order valence-corrected chi connectivity index (χ2v) is 15.4. The van der Waals surface area contributed by atoms with Crippen molar-refractivity contribution in [2.45, 2.75) is 69.6 Å². The predicted molar refractivity (Wildman–Crippen MR) is 108 cm³/mol. The summed E-state index contributed by atoms with van der Waals surface area (Å²) in [5.41, 5.74) is -4.46. The molecule has 1 aliphatic heterocycles. The summed E-state index contributed by atoms with van der Waals surface area (Å²) < 4.78 is 72.5. The Morgan fingerprint density at radius 3 is 2.14 bits per heavy atom. The molecule has 0 aliphatic carbocycles. The van der Waals surface area contributed by atoms with E-state index < -0.39 is 36.2 Å². The number of likely N-dealkylation sites (tertiary alicyclic amines) is 1. The van der Waals surface area contributed by atoms with Crippen molar-refractivity contribution in [3.8, 4) is 0 Å². The largest absolute Gasteiger partial charge is 0.523 e. The summed E-state index contributed by atoms with van der Waals surface area (Å²) in [6.45, 7) is 11.4. The van der Waals surface area contributed by atoms with Gasteiger partial charge in [0.15, 0.2) is 8.32 Å². The Hall–Kier alpha value is -0.943. The topological polar surface area (TPSA) is 55.8 Å². The summed E-state index contributed by atoms with van der Waals surface area (Å²) in [5.74, 6) is 0. The fraction of sp³-hybridized carbons (Fsp3) is 0.684. The molecule has 0 aromatic heterocycles. The van der Waals surface area contributed by atoms with Crippen molar-refractivity contribution in [1.29, 1.82) is 0 Å². The number of rotatable bonds is 6. The third-order valence-corrected chi connectivity index (χ3v) is 11.1. The smallest absolute Gasteiger partial charge is 0.413 e. The fourth-order valence-corrected chi connectivity index (χ4v) is 5.01. The van der Waals surface area contributed by atoms with Crippen molar-refractivity contribution in [2.24, 2.45) is 0 Å². The SMILES string of the molecule is CC(C)(C)[Si](C)(C)O[C@@H]1C[C@@H](OS(=O)(=O)C(F)(F)F)CN(Cc2ccccc2)C1. The highest BCUT2D eigenvalue weighted by atomic mass is 32.2. The summed E-state index contributed by atoms with van der Waals surface area (Å²) >= 11 is 0. The molecule has 0 radical (unpaired) electrons. The van der Waals surface area contributed by atoms with Gasteiger partial charge < -0.3 is 4.43 Å². The van der Waals surface area contributed by atoms with Crippen LogP contribution >= 0.6 is 0 Å². The Balaban J connectivity index is 2.20. The van der Waals surface area contributed by atoms with E-state index >= 15 is 0 Å². The lowest BCUT2D eigenvalue weighted by Crippen LogP contribution is -2.53. The van der Waals surface area contributed by atoms with Gasteiger partial charge in [-0.25, -0.2) is 0 Å². The first-order chi connectivity index (χ1) is 13.1. The summed E-state index contributed by atoms with van der Waals surface area (Å²) in [6.07, 6.45) is -1.41. The second kappa shape index (κ2) is 8.66. The lowest BCUT2D eigenvalue weighted by atomic mass is 10.0. The molecule has 0 N–H and O–H groups in total. The Morgan fingerprint density at radius 1 is 1.07 bits per heavy atom. The maximum absolute atomic E-state index is 12.8. The molecule has 1 fully saturated rings. The van der Waals surface area contributed by atoms with Gasteiger partial charge >= 0.3 is 15.6 Å². The van der Waals surface area contributed by atoms with Gasteiger partial charge in [-0.1, -0.05) is 51.1 Å². The fourth-order valence-electron chi connectivity index (χ4n) is 3.05. The van der Waals surface area contributed by atoms with Crippen LogP contribution in [0.25, 0.3) is 0 Å². The van der Waals surface area contributed by atoms with E-state index in [-0.39, 0.29) is 18.0 Å². The molecule has 0 spiro atoms. The number of nitrogens with zero attached hydrogens (tertiary/aromatic N) is 1. The average molecular weight is 454 g/mol. The summed E-state index contributed by atoms with van der Waals surface area (Å²) in [6, 6.07) is 9.47. The van der Waals surface area contributed by atoms with Gasteiger partial charge in [0.25, 0.3) is 0 Å². The number of hydrogen-bond acceptors (Lipinski definition) is 5. The van der Waals surface area contributed by atoms with E-state index in [1.165, 1.54) is 0 Å². The number of halogens is 3. The molecule has 1 aliphatic rings. The van der Waals surface area contributed by atoms with Gasteiger partial charge in [-0.15, -0.1) is 0 Å². The number of piperidine rings is 1. The van der Waals surface area contributed by atoms with E-state index in [2.05, 4.69) is 38.0 Å². The Morgan fingerprint density at radius 2 is 1.62 bits per heavy atom. The van der Waals surface area contributed by atoms with Crippen LogP contribution in [0.4, 0.5) is 13.2 Å². The first-order valence-electron chi connectivity index (χ1n) is 9.54. The summed E-state index contributed by atoms with van der Waals surface area (Å²) in [4.78, 5) is 1.90. The molecule has 0 unspecified atom stereocenters. The zero-order chi connectivity index (χ0) is 22.1. The monoisotopic (exact) mass is 453 g/mol. The van der Waals surface area contributed by atoms with Crippen LogP contribution < -0.4 is 0 Å². The standard InChI is InChI=1S/C19H30F3NO4SSi/c1-18(2,3)29(4,5)27-17-11-16(26-28(24,25)19(20,21)22)13-23(14-17)12-15-9-7-6-8-10-15/h6-10,16-17H,11-14H2,1-5H3/t16-,17-/m1/s1. The molecule has 166 valence electrons. The van der Waals surface area contributed by atoms with Crippen LogP contribution in [0, 0.1) is 0 Å². The van der Waals surface area contributed by atoms with Crippen LogP contribution in [-0.2, 0) is 25.3 Å². The minimum atomic E-state index is -5.66. The molecular weight excluding hydrogens is 423 g/mol. The predicted octanol–water partition coefficient (Wildman–Crippen LogP) is 4.52. The van der Waals surface area contributed by atoms with Gasteiger partial charge in [-0.2, -0.15) is 21.6 Å². The molecule has 1 heterocycles. The maximum Gasteiger partial charge on any atom is 0.523 e. The van der Waals surface area contributed by atoms with Crippen molar-refractivity contribution < 1.29 is 30.2 Å². The summed E-state index contributed by atoms with van der Waals surface area (Å²) in [7, 11) is -7.85. The highest BCUT2D eigenvalue weighted by molar-refractivity contribution is 7.87. The van der Waals surface area contributed by atoms with Crippen molar-refractivity contribution in [1.82, 2.24) is 4.90 Å². The Labute approximate surface area is 172 Å². The third-order valence-electron chi connectivity index (χ3n) is 5.51. The van der Waals surface area contributed by atoms with E-state index in [1.54, 1.807) is 0 Å². The van der Waals surface area contributed by atoms with Gasteiger partial charge in [-0.3, -0.25) is 9.08 Å². The molecule has 2 rings (SSSR count). The van der Waals surface area contributed by atoms with Crippen LogP contribution in [0.15, 0.2) is 30.3 Å². The van der Waals surface area contributed by atoms with Gasteiger partial charge in [0.05, 0.1) is 12.2 Å². The zero-order valence-electron chi connectivity index (χ0n) is 17.5. The van der Waals surface area contributed by atoms with E-state index in [1.807, 2.05) is 35.2 Å². The molecule has 0 amide bonds. The van der Waals surface area contributed by atoms with E-state index in [0.717, 1.165) is 5.56 Å². The first-order valence-corrected chi connectivity index (χ1v) is 13.9. The van der Waals surface area contributed by atoms with Crippen molar-refractivity contribution >= 4 is 18.4 Å². The van der Waals surface area contributed by atoms with Gasteiger partial charge in [0, 0.05) is 26.1 Å². The van der Waals surface area contributed by atoms with E-state index in [0.29, 0.717) is 13.1 Å². The van der Waals surface area contributed by atoms with Crippen LogP contribution in [0.3, 0.4) is 0 Å². The molecule has 29 heavy (non-hydrogen) atoms. The number of benzene rings is 1. The van der Waals surface area contributed by atoms with Gasteiger partial charge in [-0.05, 0) is 23.7 Å². The number of hydrogen-bond donors (Lipinski definition) is 0. The molecule has 2 atom stereocenters. The minimum absolute atomic E-state index is 0.0803. The molecule has 1 aromatic rings. The van der Waals surface area contributed by atoms with Crippen molar-refractivity contribution in [3.63, 3.8) is 0 Å². The molecule has 0 bridgehead atoms. The lowest BCUT2D eigenvalue weighted by molar-refractivity contribution is -0.0644. The van der Waals surface area contributed by atoms with Gasteiger partial charge in [0.2, 0.25) is 0 Å². The molecule has 1 aromatic carbocycles. The second-order valence-electron chi connectivity index (χ2n) is 9.03. The minimum Gasteiger partial charge on any atom is -0.413 e. The van der Waals surface area contributed by atoms with Crippen LogP contribution in [0.2, 0.25) is 18.1 Å². The molecule has 0 saturated carbocycles. The van der Waals surface area contributed by atoms with E-state index in [4.69, 9.17) is 4.43 Å². The van der Waals surface area contributed by atoms with Gasteiger partial charge in [0.1, 0.15) is 0 Å². The van der Waals surface area contributed by atoms with Crippen molar-refractivity contribution in [3.05, 3.63) is 35.9 Å². The lowest BCUT2D eigenvalue weighted by Gasteiger charge is -2.44. The van der Waals surface area contributed by atoms with E-state index in [9.17, 15) is 21.6 Å². The van der Waals surface area contributed by atoms with Crippen molar-refractivity contribution in [2.75, 3.05) is 13.1 Å². The highest BCUT2D eigenvalue weighted by Gasteiger charge is 2.50. The number of alkyl halides is 3. The van der Waals surface area contributed by atoms with Crippen LogP contribution in [0.1, 0.15) is 32.8 Å². The Bertz CT molecular complexity index is 779. The highest BCUT2D eigenvalue weighted by Crippen LogP contribution is 2.39. The van der Waals surface area contributed by atoms with Crippen LogP contribution in [-0.4, -0.2) is 52.4 Å². The average Bonchev–Trinajstić information content (AvgIpc) is 2.52. The quantitative estimate of drug-likeness (QED) is 0.360. The maximum atomic E-state index is 12.8. The molecule has 5 nitrogen and oxygen atoms in total. The molecule has 10 heteroatoms. The molecular formula is C19H30F3NO4SSi. The Kier molecular flexibility index (Phi) is 7.26. The zero-order valence-corrected chi connectivity index (χ0v) is 19.3. The normalized spacial score (nSPS) is 22.6. The molecule has 1 saturated heterocycles. The van der Waals surface area contributed by atoms with Crippen LogP contribution in [0.5, 0.6) is 0 Å². The summed E-state index contributed by atoms with van der Waals surface area (Å²) in [5, 5.41) is -0.0803.